The Hall–Kier alpha value is -9.69. The SMILES string of the molecule is CNS(=O)C(c1ccccc1)(c1ccc(F)cc1)c1ccc(F)cc1.NS(=O)C(c1ccc(F)cc1)(c1ccc(F)cc1)c1ccc(F)cc1.O=S(N1CCCCC1)C(c1ccc(F)cc1)(c1ccc(F)cc1)c1ccc(F)cc1.O=S(NC1CCCCC1)C(c1ccc(F)cc1)(c1ccc(F)cc1)c1ccc(F)cc1. The second-order valence-corrected chi connectivity index (χ2v) is 32.2. The first-order chi connectivity index (χ1) is 53.5. The number of hydrogen-bond donors (Lipinski definition) is 3. The number of hydrogen-bond acceptors (Lipinski definition) is 4. The molecule has 0 radical (unpaired) electrons. The second kappa shape index (κ2) is 37.6. The molecule has 0 bridgehead atoms. The summed E-state index contributed by atoms with van der Waals surface area (Å²) in [6.45, 7) is 1.33. The predicted molar refractivity (Wildman–Crippen MR) is 418 cm³/mol. The lowest BCUT2D eigenvalue weighted by molar-refractivity contribution is 0.360. The van der Waals surface area contributed by atoms with Crippen molar-refractivity contribution in [2.75, 3.05) is 20.1 Å². The maximum atomic E-state index is 14.2. The summed E-state index contributed by atoms with van der Waals surface area (Å²) in [7, 11) is -5.30. The number of rotatable bonds is 20. The van der Waals surface area contributed by atoms with Crippen LogP contribution in [0.25, 0.3) is 0 Å². The van der Waals surface area contributed by atoms with Gasteiger partial charge in [0.05, 0.1) is 0 Å². The van der Waals surface area contributed by atoms with E-state index in [-0.39, 0.29) is 17.7 Å². The molecule has 1 saturated heterocycles. The minimum absolute atomic E-state index is 0.0790. The molecule has 8 nitrogen and oxygen atoms in total. The number of piperidine rings is 1. The fourth-order valence-electron chi connectivity index (χ4n) is 14.3. The fourth-order valence-corrected chi connectivity index (χ4v) is 20.6. The molecule has 4 N–H and O–H groups in total. The van der Waals surface area contributed by atoms with Crippen molar-refractivity contribution in [3.05, 3.63) is 428 Å². The van der Waals surface area contributed by atoms with Crippen molar-refractivity contribution in [1.82, 2.24) is 13.7 Å². The lowest BCUT2D eigenvalue weighted by atomic mass is 9.84. The van der Waals surface area contributed by atoms with Crippen LogP contribution >= 0.6 is 0 Å². The molecule has 4 unspecified atom stereocenters. The summed E-state index contributed by atoms with van der Waals surface area (Å²) < 4.78 is 207. The Morgan fingerprint density at radius 1 is 0.279 bits per heavy atom. The van der Waals surface area contributed by atoms with Crippen LogP contribution in [0.4, 0.5) is 48.3 Å². The van der Waals surface area contributed by atoms with Crippen LogP contribution < -0.4 is 14.6 Å². The van der Waals surface area contributed by atoms with Gasteiger partial charge < -0.3 is 0 Å². The molecule has 0 spiro atoms. The number of halogens is 11. The molecule has 1 saturated carbocycles. The highest BCUT2D eigenvalue weighted by Crippen LogP contribution is 2.48. The highest BCUT2D eigenvalue weighted by molar-refractivity contribution is 7.85. The molecule has 1 aliphatic heterocycles. The molecule has 2 fully saturated rings. The monoisotopic (exact) mass is 1590 g/mol. The van der Waals surface area contributed by atoms with E-state index in [9.17, 15) is 65.1 Å². The van der Waals surface area contributed by atoms with E-state index in [0.717, 1.165) is 56.9 Å². The van der Waals surface area contributed by atoms with Crippen LogP contribution in [-0.2, 0) is 62.9 Å². The Bertz CT molecular complexity index is 4720. The van der Waals surface area contributed by atoms with E-state index in [1.807, 2.05) is 34.6 Å². The van der Waals surface area contributed by atoms with Gasteiger partial charge in [0, 0.05) is 19.1 Å². The van der Waals surface area contributed by atoms with E-state index in [1.165, 1.54) is 170 Å². The molecule has 12 aromatic carbocycles. The van der Waals surface area contributed by atoms with E-state index in [1.54, 1.807) is 104 Å². The molecule has 2 aliphatic rings. The third-order valence-corrected chi connectivity index (χ3v) is 26.5. The van der Waals surface area contributed by atoms with E-state index in [0.29, 0.717) is 74.3 Å². The summed E-state index contributed by atoms with van der Waals surface area (Å²) in [6.07, 6.45) is 8.04. The largest absolute Gasteiger partial charge is 0.250 e. The first-order valence-corrected chi connectivity index (χ1v) is 40.2. The van der Waals surface area contributed by atoms with Gasteiger partial charge in [-0.1, -0.05) is 189 Å². The van der Waals surface area contributed by atoms with Crippen molar-refractivity contribution in [3.63, 3.8) is 0 Å². The Kier molecular flexibility index (Phi) is 27.8. The smallest absolute Gasteiger partial charge is 0.135 e. The van der Waals surface area contributed by atoms with Gasteiger partial charge >= 0.3 is 0 Å². The van der Waals surface area contributed by atoms with Crippen LogP contribution in [0.3, 0.4) is 0 Å². The third-order valence-electron chi connectivity index (χ3n) is 19.7. The Balaban J connectivity index is 0.000000147. The zero-order valence-electron chi connectivity index (χ0n) is 59.9. The molecular formula is C88H77F11N4O4S4. The van der Waals surface area contributed by atoms with Crippen molar-refractivity contribution in [1.29, 1.82) is 0 Å². The average molecular weight is 1590 g/mol. The Morgan fingerprint density at radius 2 is 0.486 bits per heavy atom. The Labute approximate surface area is 648 Å². The van der Waals surface area contributed by atoms with E-state index in [4.69, 9.17) is 5.14 Å². The molecule has 14 rings (SSSR count). The fraction of sp³-hybridized carbons (Fsp3) is 0.182. The van der Waals surface area contributed by atoms with E-state index >= 15 is 0 Å². The van der Waals surface area contributed by atoms with Crippen molar-refractivity contribution >= 4 is 43.9 Å². The average Bonchev–Trinajstić information content (AvgIpc) is 0.755. The van der Waals surface area contributed by atoms with Gasteiger partial charge in [-0.3, -0.25) is 5.14 Å². The molecule has 0 amide bonds. The number of nitrogens with one attached hydrogen (secondary N) is 2. The summed E-state index contributed by atoms with van der Waals surface area (Å²) in [5, 5.41) is 5.87. The molecule has 1 aliphatic carbocycles. The molecule has 111 heavy (non-hydrogen) atoms. The van der Waals surface area contributed by atoms with E-state index < -0.39 is 115 Å². The highest BCUT2D eigenvalue weighted by atomic mass is 32.2. The zero-order chi connectivity index (χ0) is 78.9. The van der Waals surface area contributed by atoms with Crippen LogP contribution in [0.2, 0.25) is 0 Å². The lowest BCUT2D eigenvalue weighted by Gasteiger charge is -2.40. The maximum Gasteiger partial charge on any atom is 0.135 e. The molecule has 23 heteroatoms. The van der Waals surface area contributed by atoms with Crippen molar-refractivity contribution in [2.24, 2.45) is 5.14 Å². The minimum Gasteiger partial charge on any atom is -0.250 e. The number of nitrogens with zero attached hydrogens (tertiary/aromatic N) is 1. The molecule has 1 heterocycles. The van der Waals surface area contributed by atoms with Gasteiger partial charge in [-0.05, 0) is 233 Å². The van der Waals surface area contributed by atoms with Crippen molar-refractivity contribution < 1.29 is 65.1 Å². The van der Waals surface area contributed by atoms with Crippen molar-refractivity contribution in [3.8, 4) is 0 Å². The number of benzene rings is 12. The quantitative estimate of drug-likeness (QED) is 0.0520. The van der Waals surface area contributed by atoms with Gasteiger partial charge in [0.25, 0.3) is 0 Å². The Morgan fingerprint density at radius 3 is 0.721 bits per heavy atom. The normalized spacial score (nSPS) is 14.7. The van der Waals surface area contributed by atoms with Crippen LogP contribution in [0.1, 0.15) is 118 Å². The zero-order valence-corrected chi connectivity index (χ0v) is 63.2. The molecule has 574 valence electrons. The first-order valence-electron chi connectivity index (χ1n) is 35.6. The van der Waals surface area contributed by atoms with Crippen LogP contribution in [0.15, 0.2) is 297 Å². The van der Waals surface area contributed by atoms with Gasteiger partial charge in [-0.2, -0.15) is 0 Å². The molecule has 4 atom stereocenters. The van der Waals surface area contributed by atoms with Crippen LogP contribution in [0, 0.1) is 64.0 Å². The minimum atomic E-state index is -2.00. The molecule has 12 aromatic rings. The summed E-state index contributed by atoms with van der Waals surface area (Å²) in [5.74, 6) is -4.60. The summed E-state index contributed by atoms with van der Waals surface area (Å²) in [6, 6.07) is 72.3. The predicted octanol–water partition coefficient (Wildman–Crippen LogP) is 19.7. The van der Waals surface area contributed by atoms with Gasteiger partial charge in [-0.15, -0.1) is 0 Å². The third kappa shape index (κ3) is 18.3. The van der Waals surface area contributed by atoms with Gasteiger partial charge in [-0.25, -0.2) is 78.9 Å². The van der Waals surface area contributed by atoms with Crippen LogP contribution in [-0.4, -0.2) is 47.3 Å². The van der Waals surface area contributed by atoms with Gasteiger partial charge in [0.2, 0.25) is 0 Å². The van der Waals surface area contributed by atoms with Gasteiger partial charge in [0.15, 0.2) is 0 Å². The standard InChI is InChI=1S/C25H24F3NOS.C24H22F3NOS.C20H17F2NOS.C19H14F3NOS/c26-21-12-6-18(7-13-21)25(19-8-14-22(27)15-9-19,20-10-16-23(28)17-11-20)31(30)29-24-4-2-1-3-5-24;25-21-10-4-18(5-11-21)24(19-6-12-22(26)13-7-19,20-8-14-23(27)15-9-20)30(29)28-16-2-1-3-17-28;1-23-25(24)20(15-5-3-2-4-6-15,16-7-11-18(21)12-8-16)17-9-13-19(22)14-10-17;20-16-7-1-13(2-8-16)19(25(23)24,14-3-9-17(21)10-4-14)15-5-11-18(22)12-6-15/h6-17,24,29H,1-5H2;4-15H,1-3,16-17H2;2-14,23H,1H3;1-12H,23H2. The lowest BCUT2D eigenvalue weighted by Crippen LogP contribution is -2.45. The van der Waals surface area contributed by atoms with Crippen molar-refractivity contribution in [2.45, 2.75) is 76.4 Å². The summed E-state index contributed by atoms with van der Waals surface area (Å²) in [5.41, 5.74) is 6.97. The summed E-state index contributed by atoms with van der Waals surface area (Å²) in [4.78, 5) is 0. The summed E-state index contributed by atoms with van der Waals surface area (Å²) >= 11 is 0. The van der Waals surface area contributed by atoms with Crippen LogP contribution in [0.5, 0.6) is 0 Å². The topological polar surface area (TPSA) is 122 Å². The second-order valence-electron chi connectivity index (χ2n) is 26.4. The first kappa shape index (κ1) is 82.3. The molecular weight excluding hydrogens is 1510 g/mol. The maximum absolute atomic E-state index is 14.2. The highest BCUT2D eigenvalue weighted by Gasteiger charge is 2.48. The molecule has 0 aromatic heterocycles. The van der Waals surface area contributed by atoms with E-state index in [2.05, 4.69) is 9.44 Å². The number of nitrogens with two attached hydrogens (primary N) is 1. The van der Waals surface area contributed by atoms with Gasteiger partial charge in [0.1, 0.15) is 127 Å².